The Hall–Kier alpha value is -1.33. The first-order valence-corrected chi connectivity index (χ1v) is 5.85. The zero-order chi connectivity index (χ0) is 11.8. The highest BCUT2D eigenvalue weighted by Crippen LogP contribution is 2.27. The van der Waals surface area contributed by atoms with E-state index in [1.54, 1.807) is 6.20 Å². The average molecular weight is 254 g/mol. The third-order valence-corrected chi connectivity index (χ3v) is 3.13. The van der Waals surface area contributed by atoms with Crippen LogP contribution < -0.4 is 0 Å². The van der Waals surface area contributed by atoms with Gasteiger partial charge in [-0.3, -0.25) is 0 Å². The summed E-state index contributed by atoms with van der Waals surface area (Å²) in [5, 5.41) is 4.66. The van der Waals surface area contributed by atoms with Crippen molar-refractivity contribution >= 4 is 11.6 Å². The Labute approximate surface area is 103 Å². The van der Waals surface area contributed by atoms with E-state index in [1.807, 2.05) is 17.7 Å². The molecular weight excluding hydrogens is 242 g/mol. The number of halogens is 1. The van der Waals surface area contributed by atoms with Gasteiger partial charge in [-0.15, -0.1) is 0 Å². The van der Waals surface area contributed by atoms with E-state index in [-0.39, 0.29) is 5.92 Å². The van der Waals surface area contributed by atoms with Crippen LogP contribution in [0.4, 0.5) is 0 Å². The molecule has 3 rings (SSSR count). The SMILES string of the molecule is Cn1cc(Cl)cc1-c1nc(C2CCOC2)no1. The van der Waals surface area contributed by atoms with Gasteiger partial charge in [-0.05, 0) is 12.5 Å². The summed E-state index contributed by atoms with van der Waals surface area (Å²) in [6, 6.07) is 1.81. The summed E-state index contributed by atoms with van der Waals surface area (Å²) in [6.45, 7) is 1.44. The van der Waals surface area contributed by atoms with Crippen molar-refractivity contribution in [1.29, 1.82) is 0 Å². The lowest BCUT2D eigenvalue weighted by atomic mass is 10.1. The molecule has 2 aromatic rings. The molecule has 1 fully saturated rings. The second-order valence-corrected chi connectivity index (χ2v) is 4.61. The fourth-order valence-corrected chi connectivity index (χ4v) is 2.23. The predicted octanol–water partition coefficient (Wildman–Crippen LogP) is 2.23. The van der Waals surface area contributed by atoms with Gasteiger partial charge >= 0.3 is 0 Å². The van der Waals surface area contributed by atoms with Crippen LogP contribution in [0.3, 0.4) is 0 Å². The molecule has 0 bridgehead atoms. The third-order valence-electron chi connectivity index (χ3n) is 2.93. The van der Waals surface area contributed by atoms with Gasteiger partial charge in [0.15, 0.2) is 5.82 Å². The number of hydrogen-bond donors (Lipinski definition) is 0. The number of ether oxygens (including phenoxy) is 1. The predicted molar refractivity (Wildman–Crippen MR) is 61.9 cm³/mol. The summed E-state index contributed by atoms with van der Waals surface area (Å²) >= 11 is 5.92. The van der Waals surface area contributed by atoms with Gasteiger partial charge in [0.2, 0.25) is 0 Å². The molecule has 1 atom stereocenters. The molecule has 0 amide bonds. The zero-order valence-corrected chi connectivity index (χ0v) is 10.1. The molecule has 0 saturated carbocycles. The first-order valence-electron chi connectivity index (χ1n) is 5.47. The third kappa shape index (κ3) is 1.96. The first-order chi connectivity index (χ1) is 8.24. The van der Waals surface area contributed by atoms with E-state index in [1.165, 1.54) is 0 Å². The van der Waals surface area contributed by atoms with Gasteiger partial charge < -0.3 is 13.8 Å². The standard InChI is InChI=1S/C11H12ClN3O2/c1-15-5-8(12)4-9(15)11-13-10(14-17-11)7-2-3-16-6-7/h4-5,7H,2-3,6H2,1H3. The summed E-state index contributed by atoms with van der Waals surface area (Å²) < 4.78 is 12.4. The number of aryl methyl sites for hydroxylation is 1. The number of nitrogens with zero attached hydrogens (tertiary/aromatic N) is 3. The van der Waals surface area contributed by atoms with Crippen molar-refractivity contribution in [3.05, 3.63) is 23.1 Å². The van der Waals surface area contributed by atoms with Crippen molar-refractivity contribution in [2.24, 2.45) is 7.05 Å². The summed E-state index contributed by atoms with van der Waals surface area (Å²) in [5.74, 6) is 1.47. The van der Waals surface area contributed by atoms with Crippen LogP contribution in [0.15, 0.2) is 16.8 Å². The van der Waals surface area contributed by atoms with Crippen molar-refractivity contribution in [1.82, 2.24) is 14.7 Å². The molecule has 90 valence electrons. The lowest BCUT2D eigenvalue weighted by molar-refractivity contribution is 0.192. The van der Waals surface area contributed by atoms with Crippen molar-refractivity contribution in [2.75, 3.05) is 13.2 Å². The van der Waals surface area contributed by atoms with E-state index in [4.69, 9.17) is 20.9 Å². The van der Waals surface area contributed by atoms with Gasteiger partial charge in [0, 0.05) is 25.8 Å². The topological polar surface area (TPSA) is 53.1 Å². The molecule has 1 saturated heterocycles. The highest BCUT2D eigenvalue weighted by Gasteiger charge is 2.24. The van der Waals surface area contributed by atoms with Crippen LogP contribution in [0.5, 0.6) is 0 Å². The van der Waals surface area contributed by atoms with Crippen LogP contribution in [-0.4, -0.2) is 27.9 Å². The maximum Gasteiger partial charge on any atom is 0.274 e. The molecule has 0 aromatic carbocycles. The Bertz CT molecular complexity index is 529. The van der Waals surface area contributed by atoms with Crippen molar-refractivity contribution in [3.63, 3.8) is 0 Å². The quantitative estimate of drug-likeness (QED) is 0.824. The lowest BCUT2D eigenvalue weighted by Gasteiger charge is -1.98. The molecular formula is C11H12ClN3O2. The van der Waals surface area contributed by atoms with Gasteiger partial charge in [-0.1, -0.05) is 16.8 Å². The van der Waals surface area contributed by atoms with Crippen LogP contribution in [-0.2, 0) is 11.8 Å². The molecule has 17 heavy (non-hydrogen) atoms. The van der Waals surface area contributed by atoms with E-state index in [9.17, 15) is 0 Å². The molecule has 1 unspecified atom stereocenters. The molecule has 1 aliphatic heterocycles. The lowest BCUT2D eigenvalue weighted by Crippen LogP contribution is -1.99. The molecule has 0 radical (unpaired) electrons. The summed E-state index contributed by atoms with van der Waals surface area (Å²) in [6.07, 6.45) is 2.76. The smallest absolute Gasteiger partial charge is 0.274 e. The Kier molecular flexibility index (Phi) is 2.64. The van der Waals surface area contributed by atoms with Crippen molar-refractivity contribution in [2.45, 2.75) is 12.3 Å². The summed E-state index contributed by atoms with van der Waals surface area (Å²) in [4.78, 5) is 4.40. The minimum absolute atomic E-state index is 0.253. The fraction of sp³-hybridized carbons (Fsp3) is 0.455. The molecule has 0 spiro atoms. The molecule has 2 aromatic heterocycles. The molecule has 6 heteroatoms. The van der Waals surface area contributed by atoms with Gasteiger partial charge in [0.1, 0.15) is 5.69 Å². The minimum Gasteiger partial charge on any atom is -0.381 e. The van der Waals surface area contributed by atoms with Gasteiger partial charge in [0.05, 0.1) is 11.6 Å². The van der Waals surface area contributed by atoms with Crippen LogP contribution in [0.25, 0.3) is 11.6 Å². The monoisotopic (exact) mass is 253 g/mol. The number of rotatable bonds is 2. The highest BCUT2D eigenvalue weighted by molar-refractivity contribution is 6.30. The fourth-order valence-electron chi connectivity index (χ4n) is 1.98. The molecule has 5 nitrogen and oxygen atoms in total. The van der Waals surface area contributed by atoms with Crippen LogP contribution in [0, 0.1) is 0 Å². The summed E-state index contributed by atoms with van der Waals surface area (Å²) in [5.41, 5.74) is 0.827. The number of aromatic nitrogens is 3. The van der Waals surface area contributed by atoms with Crippen molar-refractivity contribution in [3.8, 4) is 11.6 Å². The first kappa shape index (κ1) is 10.8. The summed E-state index contributed by atoms with van der Waals surface area (Å²) in [7, 11) is 1.89. The maximum absolute atomic E-state index is 5.92. The Morgan fingerprint density at radius 2 is 2.41 bits per heavy atom. The molecule has 0 aliphatic carbocycles. The van der Waals surface area contributed by atoms with Gasteiger partial charge in [0.25, 0.3) is 5.89 Å². The van der Waals surface area contributed by atoms with Gasteiger partial charge in [-0.25, -0.2) is 0 Å². The van der Waals surface area contributed by atoms with Crippen LogP contribution in [0.2, 0.25) is 5.02 Å². The minimum atomic E-state index is 0.253. The van der Waals surface area contributed by atoms with E-state index in [0.29, 0.717) is 17.5 Å². The average Bonchev–Trinajstić information content (AvgIpc) is 2.97. The van der Waals surface area contributed by atoms with Crippen molar-refractivity contribution < 1.29 is 9.26 Å². The second-order valence-electron chi connectivity index (χ2n) is 4.17. The Morgan fingerprint density at radius 1 is 1.53 bits per heavy atom. The molecule has 1 aliphatic rings. The van der Waals surface area contributed by atoms with E-state index >= 15 is 0 Å². The molecule has 0 N–H and O–H groups in total. The van der Waals surface area contributed by atoms with Crippen LogP contribution in [0.1, 0.15) is 18.2 Å². The largest absolute Gasteiger partial charge is 0.381 e. The number of hydrogen-bond acceptors (Lipinski definition) is 4. The Balaban J connectivity index is 1.91. The van der Waals surface area contributed by atoms with Gasteiger partial charge in [-0.2, -0.15) is 4.98 Å². The van der Waals surface area contributed by atoms with E-state index < -0.39 is 0 Å². The molecule has 3 heterocycles. The van der Waals surface area contributed by atoms with Crippen LogP contribution >= 0.6 is 11.6 Å². The second kappa shape index (κ2) is 4.16. The van der Waals surface area contributed by atoms with E-state index in [0.717, 1.165) is 24.5 Å². The zero-order valence-electron chi connectivity index (χ0n) is 9.39. The Morgan fingerprint density at radius 3 is 3.06 bits per heavy atom. The highest BCUT2D eigenvalue weighted by atomic mass is 35.5. The normalized spacial score (nSPS) is 20.0. The van der Waals surface area contributed by atoms with E-state index in [2.05, 4.69) is 10.1 Å². The maximum atomic E-state index is 5.92.